The van der Waals surface area contributed by atoms with Crippen molar-refractivity contribution in [1.82, 2.24) is 0 Å². The molecular weight excluding hydrogens is 238 g/mol. The normalized spacial score (nSPS) is 10.8. The van der Waals surface area contributed by atoms with E-state index in [0.29, 0.717) is 11.3 Å². The molecule has 2 aromatic carbocycles. The minimum Gasteiger partial charge on any atom is -0.366 e. The topological polar surface area (TPSA) is 67.8 Å². The third-order valence-electron chi connectivity index (χ3n) is 2.86. The van der Waals surface area contributed by atoms with Crippen molar-refractivity contribution in [2.24, 2.45) is 16.0 Å². The van der Waals surface area contributed by atoms with Crippen molar-refractivity contribution >= 4 is 17.3 Å². The Hall–Kier alpha value is -2.49. The lowest BCUT2D eigenvalue weighted by atomic mass is 10.1. The van der Waals surface area contributed by atoms with E-state index in [-0.39, 0.29) is 0 Å². The van der Waals surface area contributed by atoms with E-state index in [2.05, 4.69) is 10.2 Å². The van der Waals surface area contributed by atoms with E-state index >= 15 is 0 Å². The standard InChI is InChI=1S/C15H15N3O/c1-10-5-3-4-6-14(10)18-17-12-7-8-13(15(16)19)11(2)9-12/h3-9H,1-2H3,(H2,16,19). The summed E-state index contributed by atoms with van der Waals surface area (Å²) >= 11 is 0. The van der Waals surface area contributed by atoms with E-state index in [0.717, 1.165) is 16.8 Å². The molecule has 0 heterocycles. The highest BCUT2D eigenvalue weighted by Crippen LogP contribution is 2.23. The highest BCUT2D eigenvalue weighted by Gasteiger charge is 2.04. The summed E-state index contributed by atoms with van der Waals surface area (Å²) in [4.78, 5) is 11.1. The maximum Gasteiger partial charge on any atom is 0.248 e. The van der Waals surface area contributed by atoms with Gasteiger partial charge >= 0.3 is 0 Å². The summed E-state index contributed by atoms with van der Waals surface area (Å²) in [5.41, 5.74) is 9.16. The fourth-order valence-electron chi connectivity index (χ4n) is 1.77. The molecule has 2 rings (SSSR count). The van der Waals surface area contributed by atoms with E-state index in [1.54, 1.807) is 18.2 Å². The monoisotopic (exact) mass is 253 g/mol. The van der Waals surface area contributed by atoms with E-state index in [1.165, 1.54) is 0 Å². The molecule has 0 aliphatic heterocycles. The number of carbonyl (C=O) groups is 1. The van der Waals surface area contributed by atoms with E-state index in [9.17, 15) is 4.79 Å². The molecule has 96 valence electrons. The van der Waals surface area contributed by atoms with Gasteiger partial charge in [0.15, 0.2) is 0 Å². The zero-order valence-corrected chi connectivity index (χ0v) is 10.9. The molecule has 2 N–H and O–H groups in total. The van der Waals surface area contributed by atoms with Crippen LogP contribution in [0.3, 0.4) is 0 Å². The zero-order chi connectivity index (χ0) is 13.8. The van der Waals surface area contributed by atoms with Gasteiger partial charge in [0, 0.05) is 5.56 Å². The first-order valence-corrected chi connectivity index (χ1v) is 5.96. The van der Waals surface area contributed by atoms with Crippen LogP contribution in [-0.4, -0.2) is 5.91 Å². The predicted molar refractivity (Wildman–Crippen MR) is 75.1 cm³/mol. The van der Waals surface area contributed by atoms with Crippen LogP contribution in [0.4, 0.5) is 11.4 Å². The minimum absolute atomic E-state index is 0.431. The first-order chi connectivity index (χ1) is 9.08. The molecule has 0 fully saturated rings. The molecule has 0 saturated heterocycles. The summed E-state index contributed by atoms with van der Waals surface area (Å²) < 4.78 is 0. The van der Waals surface area contributed by atoms with Crippen molar-refractivity contribution < 1.29 is 4.79 Å². The van der Waals surface area contributed by atoms with Crippen molar-refractivity contribution in [2.75, 3.05) is 0 Å². The van der Waals surface area contributed by atoms with Gasteiger partial charge in [-0.1, -0.05) is 18.2 Å². The fraction of sp³-hybridized carbons (Fsp3) is 0.133. The quantitative estimate of drug-likeness (QED) is 0.830. The molecule has 0 aliphatic carbocycles. The number of aryl methyl sites for hydroxylation is 2. The second-order valence-electron chi connectivity index (χ2n) is 4.35. The fourth-order valence-corrected chi connectivity index (χ4v) is 1.77. The van der Waals surface area contributed by atoms with Crippen LogP contribution >= 0.6 is 0 Å². The average Bonchev–Trinajstić information content (AvgIpc) is 2.37. The van der Waals surface area contributed by atoms with Crippen molar-refractivity contribution in [1.29, 1.82) is 0 Å². The molecule has 0 radical (unpaired) electrons. The lowest BCUT2D eigenvalue weighted by molar-refractivity contribution is 0.1000. The smallest absolute Gasteiger partial charge is 0.248 e. The van der Waals surface area contributed by atoms with Gasteiger partial charge in [-0.05, 0) is 49.2 Å². The Morgan fingerprint density at radius 3 is 2.37 bits per heavy atom. The number of benzene rings is 2. The molecule has 19 heavy (non-hydrogen) atoms. The van der Waals surface area contributed by atoms with Crippen LogP contribution in [0.2, 0.25) is 0 Å². The Kier molecular flexibility index (Phi) is 3.71. The number of nitrogens with two attached hydrogens (primary N) is 1. The molecule has 0 bridgehead atoms. The summed E-state index contributed by atoms with van der Waals surface area (Å²) in [5, 5.41) is 8.37. The Morgan fingerprint density at radius 1 is 1.00 bits per heavy atom. The van der Waals surface area contributed by atoms with Crippen molar-refractivity contribution in [3.05, 3.63) is 59.2 Å². The molecule has 0 saturated carbocycles. The summed E-state index contributed by atoms with van der Waals surface area (Å²) in [5.74, 6) is -0.431. The predicted octanol–water partition coefficient (Wildman–Crippen LogP) is 3.82. The summed E-state index contributed by atoms with van der Waals surface area (Å²) in [6.45, 7) is 3.81. The van der Waals surface area contributed by atoms with Crippen LogP contribution in [0.1, 0.15) is 21.5 Å². The molecule has 0 unspecified atom stereocenters. The lowest BCUT2D eigenvalue weighted by Gasteiger charge is -2.02. The molecule has 0 spiro atoms. The third kappa shape index (κ3) is 3.04. The number of azo groups is 1. The average molecular weight is 253 g/mol. The number of primary amides is 1. The molecule has 1 amide bonds. The van der Waals surface area contributed by atoms with Gasteiger partial charge in [0.05, 0.1) is 11.4 Å². The summed E-state index contributed by atoms with van der Waals surface area (Å²) in [6, 6.07) is 13.0. The maximum absolute atomic E-state index is 11.1. The number of carbonyl (C=O) groups excluding carboxylic acids is 1. The largest absolute Gasteiger partial charge is 0.366 e. The van der Waals surface area contributed by atoms with E-state index < -0.39 is 5.91 Å². The second-order valence-corrected chi connectivity index (χ2v) is 4.35. The Morgan fingerprint density at radius 2 is 1.74 bits per heavy atom. The van der Waals surface area contributed by atoms with Crippen LogP contribution in [0.5, 0.6) is 0 Å². The molecule has 0 aromatic heterocycles. The van der Waals surface area contributed by atoms with Gasteiger partial charge in [0.25, 0.3) is 0 Å². The highest BCUT2D eigenvalue weighted by atomic mass is 16.1. The van der Waals surface area contributed by atoms with Crippen LogP contribution in [0, 0.1) is 13.8 Å². The Bertz CT molecular complexity index is 648. The van der Waals surface area contributed by atoms with Gasteiger partial charge in [-0.15, -0.1) is 0 Å². The number of rotatable bonds is 3. The van der Waals surface area contributed by atoms with E-state index in [4.69, 9.17) is 5.73 Å². The van der Waals surface area contributed by atoms with Gasteiger partial charge in [0.1, 0.15) is 0 Å². The number of amides is 1. The van der Waals surface area contributed by atoms with Crippen LogP contribution < -0.4 is 5.73 Å². The Labute approximate surface area is 112 Å². The van der Waals surface area contributed by atoms with Crippen molar-refractivity contribution in [3.63, 3.8) is 0 Å². The van der Waals surface area contributed by atoms with Crippen molar-refractivity contribution in [2.45, 2.75) is 13.8 Å². The number of nitrogens with zero attached hydrogens (tertiary/aromatic N) is 2. The molecule has 0 atom stereocenters. The van der Waals surface area contributed by atoms with Gasteiger partial charge in [0.2, 0.25) is 5.91 Å². The first kappa shape index (κ1) is 13.0. The molecule has 2 aromatic rings. The van der Waals surface area contributed by atoms with Gasteiger partial charge < -0.3 is 5.73 Å². The van der Waals surface area contributed by atoms with Crippen LogP contribution in [0.25, 0.3) is 0 Å². The molecule has 0 aliphatic rings. The maximum atomic E-state index is 11.1. The number of hydrogen-bond donors (Lipinski definition) is 1. The molecular formula is C15H15N3O. The first-order valence-electron chi connectivity index (χ1n) is 5.96. The van der Waals surface area contributed by atoms with Crippen LogP contribution in [0.15, 0.2) is 52.7 Å². The van der Waals surface area contributed by atoms with E-state index in [1.807, 2.05) is 38.1 Å². The van der Waals surface area contributed by atoms with Gasteiger partial charge in [-0.2, -0.15) is 10.2 Å². The molecule has 4 heteroatoms. The zero-order valence-electron chi connectivity index (χ0n) is 10.9. The Balaban J connectivity index is 2.27. The number of hydrogen-bond acceptors (Lipinski definition) is 3. The minimum atomic E-state index is -0.431. The summed E-state index contributed by atoms with van der Waals surface area (Å²) in [6.07, 6.45) is 0. The van der Waals surface area contributed by atoms with Gasteiger partial charge in [-0.3, -0.25) is 4.79 Å². The van der Waals surface area contributed by atoms with Crippen molar-refractivity contribution in [3.8, 4) is 0 Å². The second kappa shape index (κ2) is 5.44. The highest BCUT2D eigenvalue weighted by molar-refractivity contribution is 5.94. The third-order valence-corrected chi connectivity index (χ3v) is 2.86. The van der Waals surface area contributed by atoms with Gasteiger partial charge in [-0.25, -0.2) is 0 Å². The SMILES string of the molecule is Cc1ccccc1N=Nc1ccc(C(N)=O)c(C)c1. The van der Waals surface area contributed by atoms with Crippen LogP contribution in [-0.2, 0) is 0 Å². The summed E-state index contributed by atoms with van der Waals surface area (Å²) in [7, 11) is 0. The lowest BCUT2D eigenvalue weighted by Crippen LogP contribution is -2.12. The molecule has 4 nitrogen and oxygen atoms in total.